The van der Waals surface area contributed by atoms with Gasteiger partial charge in [-0.05, 0) is 51.4 Å². The zero-order chi connectivity index (χ0) is 16.0. The fraction of sp³-hybridized carbons (Fsp3) is 0.875. The average molecular weight is 298 g/mol. The number of carboxylic acids is 1. The zero-order valence-electron chi connectivity index (χ0n) is 13.8. The first-order valence-electron chi connectivity index (χ1n) is 8.08. The normalized spacial score (nSPS) is 22.4. The number of nitrogens with zero attached hydrogens (tertiary/aromatic N) is 1. The molecule has 21 heavy (non-hydrogen) atoms. The van der Waals surface area contributed by atoms with Crippen LogP contribution >= 0.6 is 0 Å². The number of carbonyl (C=O) groups is 2. The Labute approximate surface area is 128 Å². The highest BCUT2D eigenvalue weighted by Crippen LogP contribution is 2.28. The molecular weight excluding hydrogens is 268 g/mol. The van der Waals surface area contributed by atoms with Gasteiger partial charge in [-0.3, -0.25) is 4.79 Å². The summed E-state index contributed by atoms with van der Waals surface area (Å²) in [6, 6.07) is 0.189. The van der Waals surface area contributed by atoms with Crippen LogP contribution in [0, 0.1) is 17.8 Å². The number of aliphatic carboxylic acids is 1. The number of hydrogen-bond donors (Lipinski definition) is 2. The molecule has 2 N–H and O–H groups in total. The molecule has 0 bridgehead atoms. The van der Waals surface area contributed by atoms with Crippen LogP contribution in [-0.2, 0) is 4.79 Å². The second-order valence-electron chi connectivity index (χ2n) is 6.88. The lowest BCUT2D eigenvalue weighted by molar-refractivity contribution is -0.143. The summed E-state index contributed by atoms with van der Waals surface area (Å²) in [5.41, 5.74) is 0. The van der Waals surface area contributed by atoms with Crippen LogP contribution < -0.4 is 5.32 Å². The number of hydrogen-bond acceptors (Lipinski definition) is 2. The molecule has 0 unspecified atom stereocenters. The van der Waals surface area contributed by atoms with E-state index in [0.717, 1.165) is 32.2 Å². The number of nitrogens with one attached hydrogen (secondary N) is 1. The molecule has 5 heteroatoms. The van der Waals surface area contributed by atoms with Crippen molar-refractivity contribution in [2.45, 2.75) is 59.4 Å². The zero-order valence-corrected chi connectivity index (χ0v) is 13.8. The quantitative estimate of drug-likeness (QED) is 0.792. The Hall–Kier alpha value is -1.26. The highest BCUT2D eigenvalue weighted by atomic mass is 16.4. The molecule has 1 aliphatic rings. The fourth-order valence-corrected chi connectivity index (χ4v) is 2.87. The topological polar surface area (TPSA) is 69.6 Å². The van der Waals surface area contributed by atoms with Gasteiger partial charge in [0.05, 0.1) is 5.92 Å². The van der Waals surface area contributed by atoms with Gasteiger partial charge >= 0.3 is 12.0 Å². The third-order valence-electron chi connectivity index (χ3n) is 4.18. The third kappa shape index (κ3) is 5.94. The molecule has 1 aliphatic carbocycles. The maximum absolute atomic E-state index is 12.3. The van der Waals surface area contributed by atoms with Crippen molar-refractivity contribution in [3.63, 3.8) is 0 Å². The molecule has 0 aromatic rings. The molecule has 0 saturated heterocycles. The smallest absolute Gasteiger partial charge is 0.317 e. The minimum absolute atomic E-state index is 0.000872. The Balaban J connectivity index is 2.37. The van der Waals surface area contributed by atoms with Crippen LogP contribution in [0.3, 0.4) is 0 Å². The Morgan fingerprint density at radius 3 is 2.14 bits per heavy atom. The van der Waals surface area contributed by atoms with Gasteiger partial charge in [-0.15, -0.1) is 0 Å². The largest absolute Gasteiger partial charge is 0.481 e. The second kappa shape index (κ2) is 8.25. The van der Waals surface area contributed by atoms with E-state index in [0.29, 0.717) is 18.4 Å². The average Bonchev–Trinajstić information content (AvgIpc) is 2.42. The Morgan fingerprint density at radius 2 is 1.71 bits per heavy atom. The third-order valence-corrected chi connectivity index (χ3v) is 4.18. The first-order chi connectivity index (χ1) is 9.81. The van der Waals surface area contributed by atoms with Crippen molar-refractivity contribution >= 4 is 12.0 Å². The fourth-order valence-electron chi connectivity index (χ4n) is 2.87. The van der Waals surface area contributed by atoms with Gasteiger partial charge in [0.15, 0.2) is 0 Å². The van der Waals surface area contributed by atoms with Crippen LogP contribution in [0.2, 0.25) is 0 Å². The molecule has 0 radical (unpaired) electrons. The monoisotopic (exact) mass is 298 g/mol. The second-order valence-corrected chi connectivity index (χ2v) is 6.88. The van der Waals surface area contributed by atoms with E-state index in [-0.39, 0.29) is 18.0 Å². The summed E-state index contributed by atoms with van der Waals surface area (Å²) in [5, 5.41) is 12.0. The van der Waals surface area contributed by atoms with Crippen molar-refractivity contribution in [3.05, 3.63) is 0 Å². The minimum atomic E-state index is -0.680. The molecular formula is C16H30N2O3. The number of amides is 2. The van der Waals surface area contributed by atoms with E-state index in [1.54, 1.807) is 0 Å². The van der Waals surface area contributed by atoms with Crippen LogP contribution in [0.25, 0.3) is 0 Å². The Kier molecular flexibility index (Phi) is 6.99. The summed E-state index contributed by atoms with van der Waals surface area (Å²) >= 11 is 0. The Morgan fingerprint density at radius 1 is 1.14 bits per heavy atom. The minimum Gasteiger partial charge on any atom is -0.481 e. The van der Waals surface area contributed by atoms with Gasteiger partial charge in [-0.2, -0.15) is 0 Å². The molecule has 1 saturated carbocycles. The van der Waals surface area contributed by atoms with Gasteiger partial charge in [0, 0.05) is 19.1 Å². The number of urea groups is 1. The highest BCUT2D eigenvalue weighted by Gasteiger charge is 2.26. The lowest BCUT2D eigenvalue weighted by Gasteiger charge is -2.31. The number of carbonyl (C=O) groups excluding carboxylic acids is 1. The van der Waals surface area contributed by atoms with E-state index in [9.17, 15) is 9.59 Å². The molecule has 0 heterocycles. The summed E-state index contributed by atoms with van der Waals surface area (Å²) in [6.07, 6.45) is 3.25. The van der Waals surface area contributed by atoms with Crippen LogP contribution in [0.1, 0.15) is 53.4 Å². The number of carboxylic acid groups (broad SMARTS) is 1. The standard InChI is InChI=1S/C16H30N2O3/c1-11(2)10-18(12(3)4)16(21)17-9-13-5-7-14(8-6-13)15(19)20/h11-14H,5-10H2,1-4H3,(H,17,21)(H,19,20). The van der Waals surface area contributed by atoms with Gasteiger partial charge in [-0.1, -0.05) is 13.8 Å². The number of rotatable bonds is 6. The van der Waals surface area contributed by atoms with E-state index in [2.05, 4.69) is 19.2 Å². The van der Waals surface area contributed by atoms with Crippen molar-refractivity contribution in [3.8, 4) is 0 Å². The predicted molar refractivity (Wildman–Crippen MR) is 83.2 cm³/mol. The Bertz CT molecular complexity index is 347. The van der Waals surface area contributed by atoms with Crippen molar-refractivity contribution in [2.24, 2.45) is 17.8 Å². The molecule has 5 nitrogen and oxygen atoms in total. The van der Waals surface area contributed by atoms with E-state index >= 15 is 0 Å². The lowest BCUT2D eigenvalue weighted by Crippen LogP contribution is -2.47. The lowest BCUT2D eigenvalue weighted by atomic mass is 9.82. The summed E-state index contributed by atoms with van der Waals surface area (Å²) in [6.45, 7) is 9.69. The molecule has 0 aliphatic heterocycles. The summed E-state index contributed by atoms with van der Waals surface area (Å²) in [4.78, 5) is 25.0. The summed E-state index contributed by atoms with van der Waals surface area (Å²) < 4.78 is 0. The van der Waals surface area contributed by atoms with Gasteiger partial charge in [0.2, 0.25) is 0 Å². The van der Waals surface area contributed by atoms with E-state index in [4.69, 9.17) is 5.11 Å². The molecule has 0 aromatic heterocycles. The first kappa shape index (κ1) is 17.8. The van der Waals surface area contributed by atoms with Crippen LogP contribution in [0.4, 0.5) is 4.79 Å². The van der Waals surface area contributed by atoms with E-state index < -0.39 is 5.97 Å². The summed E-state index contributed by atoms with van der Waals surface area (Å²) in [7, 11) is 0. The molecule has 0 spiro atoms. The molecule has 1 rings (SSSR count). The van der Waals surface area contributed by atoms with E-state index in [1.807, 2.05) is 18.7 Å². The molecule has 2 amide bonds. The van der Waals surface area contributed by atoms with Crippen LogP contribution in [-0.4, -0.2) is 41.1 Å². The van der Waals surface area contributed by atoms with Crippen molar-refractivity contribution in [1.82, 2.24) is 10.2 Å². The van der Waals surface area contributed by atoms with Gasteiger partial charge in [0.25, 0.3) is 0 Å². The van der Waals surface area contributed by atoms with Crippen LogP contribution in [0.15, 0.2) is 0 Å². The van der Waals surface area contributed by atoms with Gasteiger partial charge in [-0.25, -0.2) is 4.79 Å². The molecule has 0 atom stereocenters. The van der Waals surface area contributed by atoms with Crippen molar-refractivity contribution < 1.29 is 14.7 Å². The first-order valence-corrected chi connectivity index (χ1v) is 8.08. The molecule has 0 aromatic carbocycles. The van der Waals surface area contributed by atoms with E-state index in [1.165, 1.54) is 0 Å². The van der Waals surface area contributed by atoms with Crippen molar-refractivity contribution in [2.75, 3.05) is 13.1 Å². The van der Waals surface area contributed by atoms with Crippen molar-refractivity contribution in [1.29, 1.82) is 0 Å². The summed E-state index contributed by atoms with van der Waals surface area (Å²) in [5.74, 6) is -0.00720. The maximum Gasteiger partial charge on any atom is 0.317 e. The molecule has 1 fully saturated rings. The van der Waals surface area contributed by atoms with Crippen LogP contribution in [0.5, 0.6) is 0 Å². The molecule has 122 valence electrons. The maximum atomic E-state index is 12.3. The predicted octanol–water partition coefficient (Wildman–Crippen LogP) is 2.95. The van der Waals surface area contributed by atoms with Gasteiger partial charge in [0.1, 0.15) is 0 Å². The highest BCUT2D eigenvalue weighted by molar-refractivity contribution is 5.74. The van der Waals surface area contributed by atoms with Gasteiger partial charge < -0.3 is 15.3 Å². The SMILES string of the molecule is CC(C)CN(C(=O)NCC1CCC(C(=O)O)CC1)C(C)C.